The summed E-state index contributed by atoms with van der Waals surface area (Å²) in [5, 5.41) is 7.76. The van der Waals surface area contributed by atoms with Crippen LogP contribution in [0.2, 0.25) is 10.0 Å². The number of aromatic nitrogens is 3. The van der Waals surface area contributed by atoms with Crippen molar-refractivity contribution >= 4 is 29.1 Å². The van der Waals surface area contributed by atoms with Crippen LogP contribution >= 0.6 is 23.2 Å². The van der Waals surface area contributed by atoms with Gasteiger partial charge in [0.2, 0.25) is 17.6 Å². The van der Waals surface area contributed by atoms with Gasteiger partial charge in [-0.3, -0.25) is 9.78 Å². The molecule has 0 unspecified atom stereocenters. The van der Waals surface area contributed by atoms with Gasteiger partial charge in [0.05, 0.1) is 11.6 Å². The van der Waals surface area contributed by atoms with Crippen molar-refractivity contribution in [3.63, 3.8) is 0 Å². The molecule has 28 heavy (non-hydrogen) atoms. The Labute approximate surface area is 172 Å². The molecule has 0 spiro atoms. The number of nitrogens with zero attached hydrogens (tertiary/aromatic N) is 3. The van der Waals surface area contributed by atoms with Crippen LogP contribution in [0.4, 0.5) is 0 Å². The first-order chi connectivity index (χ1) is 13.6. The van der Waals surface area contributed by atoms with Crippen molar-refractivity contribution in [3.8, 4) is 17.1 Å². The lowest BCUT2D eigenvalue weighted by atomic mass is 10.2. The third-order valence-electron chi connectivity index (χ3n) is 3.77. The standard InChI is InChI=1S/C19H18Cl2N4O3/c20-14-2-3-16(15(21)12-14)27-11-1-8-23-17(26)4-5-18-24-19(25-28-18)13-6-9-22-10-7-13/h2-3,6-7,9-10,12H,1,4-5,8,11H2,(H,23,26). The summed E-state index contributed by atoms with van der Waals surface area (Å²) in [4.78, 5) is 20.2. The molecule has 0 saturated heterocycles. The van der Waals surface area contributed by atoms with E-state index in [0.717, 1.165) is 5.56 Å². The van der Waals surface area contributed by atoms with Crippen molar-refractivity contribution in [3.05, 3.63) is 58.7 Å². The number of hydrogen-bond acceptors (Lipinski definition) is 6. The summed E-state index contributed by atoms with van der Waals surface area (Å²) in [6, 6.07) is 8.63. The Morgan fingerprint density at radius 1 is 1.18 bits per heavy atom. The molecule has 1 amide bonds. The van der Waals surface area contributed by atoms with E-state index in [1.165, 1.54) is 0 Å². The van der Waals surface area contributed by atoms with Crippen LogP contribution in [0.3, 0.4) is 0 Å². The van der Waals surface area contributed by atoms with Crippen molar-refractivity contribution in [2.24, 2.45) is 0 Å². The molecular formula is C19H18Cl2N4O3. The molecule has 0 saturated carbocycles. The first-order valence-corrected chi connectivity index (χ1v) is 9.45. The van der Waals surface area contributed by atoms with Gasteiger partial charge in [0.25, 0.3) is 0 Å². The zero-order valence-corrected chi connectivity index (χ0v) is 16.4. The molecule has 1 N–H and O–H groups in total. The van der Waals surface area contributed by atoms with Crippen molar-refractivity contribution in [1.82, 2.24) is 20.4 Å². The summed E-state index contributed by atoms with van der Waals surface area (Å²) in [5.74, 6) is 1.38. The first kappa shape index (κ1) is 20.1. The smallest absolute Gasteiger partial charge is 0.227 e. The first-order valence-electron chi connectivity index (χ1n) is 8.69. The number of carbonyl (C=O) groups excluding carboxylic acids is 1. The predicted octanol–water partition coefficient (Wildman–Crippen LogP) is 3.96. The molecule has 0 aliphatic rings. The molecule has 7 nitrogen and oxygen atoms in total. The zero-order chi connectivity index (χ0) is 19.8. The molecule has 3 rings (SSSR count). The van der Waals surface area contributed by atoms with E-state index < -0.39 is 0 Å². The van der Waals surface area contributed by atoms with Gasteiger partial charge >= 0.3 is 0 Å². The fourth-order valence-corrected chi connectivity index (χ4v) is 2.82. The van der Waals surface area contributed by atoms with Gasteiger partial charge in [0.1, 0.15) is 5.75 Å². The maximum absolute atomic E-state index is 11.9. The number of benzene rings is 1. The molecule has 0 radical (unpaired) electrons. The lowest BCUT2D eigenvalue weighted by Crippen LogP contribution is -2.25. The van der Waals surface area contributed by atoms with Crippen LogP contribution in [0, 0.1) is 0 Å². The quantitative estimate of drug-likeness (QED) is 0.526. The Kier molecular flexibility index (Phi) is 7.22. The Balaban J connectivity index is 1.33. The van der Waals surface area contributed by atoms with E-state index in [1.807, 2.05) is 0 Å². The Hall–Kier alpha value is -2.64. The molecule has 9 heteroatoms. The summed E-state index contributed by atoms with van der Waals surface area (Å²) in [7, 11) is 0. The van der Waals surface area contributed by atoms with Crippen LogP contribution in [0.1, 0.15) is 18.7 Å². The summed E-state index contributed by atoms with van der Waals surface area (Å²) < 4.78 is 10.7. The van der Waals surface area contributed by atoms with Crippen molar-refractivity contribution in [1.29, 1.82) is 0 Å². The highest BCUT2D eigenvalue weighted by atomic mass is 35.5. The molecular weight excluding hydrogens is 403 g/mol. The van der Waals surface area contributed by atoms with E-state index in [1.54, 1.807) is 42.7 Å². The fourth-order valence-electron chi connectivity index (χ4n) is 2.36. The van der Waals surface area contributed by atoms with Gasteiger partial charge in [-0.05, 0) is 36.8 Å². The van der Waals surface area contributed by atoms with Gasteiger partial charge in [-0.1, -0.05) is 28.4 Å². The second-order valence-electron chi connectivity index (χ2n) is 5.87. The molecule has 2 heterocycles. The molecule has 0 aliphatic carbocycles. The minimum absolute atomic E-state index is 0.0896. The summed E-state index contributed by atoms with van der Waals surface area (Å²) >= 11 is 11.9. The Morgan fingerprint density at radius 3 is 2.79 bits per heavy atom. The molecule has 146 valence electrons. The van der Waals surface area contributed by atoms with Gasteiger partial charge in [-0.2, -0.15) is 4.98 Å². The minimum Gasteiger partial charge on any atom is -0.492 e. The number of rotatable bonds is 9. The van der Waals surface area contributed by atoms with E-state index in [9.17, 15) is 4.79 Å². The maximum Gasteiger partial charge on any atom is 0.227 e. The number of aryl methyl sites for hydroxylation is 1. The molecule has 0 aliphatic heterocycles. The van der Waals surface area contributed by atoms with Crippen LogP contribution in [0.15, 0.2) is 47.2 Å². The molecule has 0 fully saturated rings. The van der Waals surface area contributed by atoms with Crippen LogP contribution in [0.25, 0.3) is 11.4 Å². The SMILES string of the molecule is O=C(CCc1nc(-c2ccncc2)no1)NCCCOc1ccc(Cl)cc1Cl. The second kappa shape index (κ2) is 10.1. The van der Waals surface area contributed by atoms with Gasteiger partial charge in [-0.15, -0.1) is 0 Å². The normalized spacial score (nSPS) is 10.6. The van der Waals surface area contributed by atoms with Crippen LogP contribution in [0.5, 0.6) is 5.75 Å². The number of nitrogens with one attached hydrogen (secondary N) is 1. The highest BCUT2D eigenvalue weighted by Crippen LogP contribution is 2.27. The average molecular weight is 421 g/mol. The topological polar surface area (TPSA) is 90.1 Å². The lowest BCUT2D eigenvalue weighted by Gasteiger charge is -2.08. The van der Waals surface area contributed by atoms with Crippen LogP contribution in [-0.4, -0.2) is 34.2 Å². The summed E-state index contributed by atoms with van der Waals surface area (Å²) in [6.45, 7) is 0.927. The van der Waals surface area contributed by atoms with Crippen LogP contribution < -0.4 is 10.1 Å². The molecule has 0 atom stereocenters. The van der Waals surface area contributed by atoms with Crippen LogP contribution in [-0.2, 0) is 11.2 Å². The van der Waals surface area contributed by atoms with Gasteiger partial charge in [-0.25, -0.2) is 0 Å². The molecule has 0 bridgehead atoms. The maximum atomic E-state index is 11.9. The van der Waals surface area contributed by atoms with E-state index in [0.29, 0.717) is 53.5 Å². The van der Waals surface area contributed by atoms with Gasteiger partial charge in [0.15, 0.2) is 0 Å². The lowest BCUT2D eigenvalue weighted by molar-refractivity contribution is -0.121. The molecule has 1 aromatic carbocycles. The highest BCUT2D eigenvalue weighted by molar-refractivity contribution is 6.35. The minimum atomic E-state index is -0.0896. The molecule has 2 aromatic heterocycles. The summed E-state index contributed by atoms with van der Waals surface area (Å²) in [6.07, 6.45) is 4.60. The van der Waals surface area contributed by atoms with Gasteiger partial charge in [0, 0.05) is 42.4 Å². The third kappa shape index (κ3) is 5.94. The Bertz CT molecular complexity index is 919. The highest BCUT2D eigenvalue weighted by Gasteiger charge is 2.10. The average Bonchev–Trinajstić information content (AvgIpc) is 3.17. The monoisotopic (exact) mass is 420 g/mol. The number of carbonyl (C=O) groups is 1. The van der Waals surface area contributed by atoms with Gasteiger partial charge < -0.3 is 14.6 Å². The third-order valence-corrected chi connectivity index (χ3v) is 4.30. The summed E-state index contributed by atoms with van der Waals surface area (Å²) in [5.41, 5.74) is 0.815. The van der Waals surface area contributed by atoms with Crippen molar-refractivity contribution in [2.75, 3.05) is 13.2 Å². The number of hydrogen-bond donors (Lipinski definition) is 1. The number of halogens is 2. The van der Waals surface area contributed by atoms with E-state index in [2.05, 4.69) is 20.4 Å². The largest absolute Gasteiger partial charge is 0.492 e. The zero-order valence-electron chi connectivity index (χ0n) is 14.9. The number of pyridine rings is 1. The molecule has 3 aromatic rings. The van der Waals surface area contributed by atoms with Crippen molar-refractivity contribution in [2.45, 2.75) is 19.3 Å². The Morgan fingerprint density at radius 2 is 2.00 bits per heavy atom. The van der Waals surface area contributed by atoms with E-state index in [4.69, 9.17) is 32.5 Å². The number of ether oxygens (including phenoxy) is 1. The second-order valence-corrected chi connectivity index (χ2v) is 6.72. The fraction of sp³-hybridized carbons (Fsp3) is 0.263. The number of amides is 1. The van der Waals surface area contributed by atoms with E-state index in [-0.39, 0.29) is 12.3 Å². The van der Waals surface area contributed by atoms with E-state index >= 15 is 0 Å². The predicted molar refractivity (Wildman–Crippen MR) is 105 cm³/mol. The van der Waals surface area contributed by atoms with Crippen molar-refractivity contribution < 1.29 is 14.1 Å².